The molecule has 1 aromatic carbocycles. The van der Waals surface area contributed by atoms with E-state index in [9.17, 15) is 10.2 Å². The summed E-state index contributed by atoms with van der Waals surface area (Å²) in [5.74, 6) is 1.72. The summed E-state index contributed by atoms with van der Waals surface area (Å²) in [7, 11) is 0. The van der Waals surface area contributed by atoms with E-state index in [-0.39, 0.29) is 0 Å². The first kappa shape index (κ1) is 11.0. The Balaban J connectivity index is 2.16. The van der Waals surface area contributed by atoms with E-state index in [1.165, 1.54) is 0 Å². The summed E-state index contributed by atoms with van der Waals surface area (Å²) in [6, 6.07) is 9.41. The highest BCUT2D eigenvalue weighted by atomic mass is 32.2. The summed E-state index contributed by atoms with van der Waals surface area (Å²) in [6.07, 6.45) is 0.910. The van der Waals surface area contributed by atoms with Crippen molar-refractivity contribution in [2.45, 2.75) is 24.5 Å². The Morgan fingerprint density at radius 1 is 1.27 bits per heavy atom. The van der Waals surface area contributed by atoms with Gasteiger partial charge in [0.15, 0.2) is 0 Å². The maximum Gasteiger partial charge on any atom is 0.108 e. The fraction of sp³-hybridized carbons (Fsp3) is 0.500. The average Bonchev–Trinajstić information content (AvgIpc) is 2.30. The van der Waals surface area contributed by atoms with Crippen LogP contribution in [0.1, 0.15) is 24.5 Å². The average molecular weight is 224 g/mol. The van der Waals surface area contributed by atoms with Gasteiger partial charge in [0, 0.05) is 5.75 Å². The van der Waals surface area contributed by atoms with Crippen LogP contribution in [0.4, 0.5) is 0 Å². The second-order valence-electron chi connectivity index (χ2n) is 4.07. The number of thioether (sulfide) groups is 1. The second-order valence-corrected chi connectivity index (χ2v) is 5.18. The molecule has 2 nitrogen and oxygen atoms in total. The molecule has 0 aromatic heterocycles. The van der Waals surface area contributed by atoms with Gasteiger partial charge in [-0.25, -0.2) is 0 Å². The van der Waals surface area contributed by atoms with Gasteiger partial charge in [-0.1, -0.05) is 30.3 Å². The zero-order valence-electron chi connectivity index (χ0n) is 8.60. The third kappa shape index (κ3) is 2.36. The molecular weight excluding hydrogens is 208 g/mol. The van der Waals surface area contributed by atoms with Gasteiger partial charge in [0.1, 0.15) is 11.7 Å². The molecule has 1 aliphatic heterocycles. The Morgan fingerprint density at radius 3 is 2.60 bits per heavy atom. The SMILES string of the molecule is O[C@H](c1ccccc1)[C@@]1(O)CCCSC1. The Hall–Kier alpha value is -0.510. The standard InChI is InChI=1S/C12H16O2S/c13-11(10-5-2-1-3-6-10)12(14)7-4-8-15-9-12/h1-3,5-6,11,13-14H,4,7-9H2/t11-,12-/m1/s1. The highest BCUT2D eigenvalue weighted by molar-refractivity contribution is 7.99. The predicted molar refractivity (Wildman–Crippen MR) is 62.9 cm³/mol. The van der Waals surface area contributed by atoms with Gasteiger partial charge < -0.3 is 10.2 Å². The fourth-order valence-electron chi connectivity index (χ4n) is 1.96. The lowest BCUT2D eigenvalue weighted by Crippen LogP contribution is -2.41. The molecule has 0 aliphatic carbocycles. The van der Waals surface area contributed by atoms with Gasteiger partial charge in [0.05, 0.1) is 0 Å². The van der Waals surface area contributed by atoms with Gasteiger partial charge in [-0.15, -0.1) is 0 Å². The minimum absolute atomic E-state index is 0.628. The lowest BCUT2D eigenvalue weighted by Gasteiger charge is -2.36. The van der Waals surface area contributed by atoms with E-state index in [1.807, 2.05) is 30.3 Å². The smallest absolute Gasteiger partial charge is 0.108 e. The summed E-state index contributed by atoms with van der Waals surface area (Å²) in [5, 5.41) is 20.5. The molecule has 0 bridgehead atoms. The molecule has 0 amide bonds. The molecule has 2 atom stereocenters. The van der Waals surface area contributed by atoms with Crippen LogP contribution in [0.5, 0.6) is 0 Å². The summed E-state index contributed by atoms with van der Waals surface area (Å²) in [6.45, 7) is 0. The van der Waals surface area contributed by atoms with Crippen molar-refractivity contribution in [3.05, 3.63) is 35.9 Å². The van der Waals surface area contributed by atoms with E-state index in [0.29, 0.717) is 12.2 Å². The molecule has 82 valence electrons. The summed E-state index contributed by atoms with van der Waals surface area (Å²) < 4.78 is 0. The van der Waals surface area contributed by atoms with Gasteiger partial charge in [0.2, 0.25) is 0 Å². The normalized spacial score (nSPS) is 28.7. The van der Waals surface area contributed by atoms with Gasteiger partial charge in [-0.05, 0) is 24.2 Å². The Morgan fingerprint density at radius 2 is 2.00 bits per heavy atom. The molecule has 0 spiro atoms. The van der Waals surface area contributed by atoms with E-state index >= 15 is 0 Å². The zero-order chi connectivity index (χ0) is 10.7. The van der Waals surface area contributed by atoms with Gasteiger partial charge in [-0.3, -0.25) is 0 Å². The molecule has 15 heavy (non-hydrogen) atoms. The first-order valence-corrected chi connectivity index (χ1v) is 6.41. The molecule has 1 fully saturated rings. The van der Waals surface area contributed by atoms with Gasteiger partial charge in [-0.2, -0.15) is 11.8 Å². The molecule has 0 saturated carbocycles. The quantitative estimate of drug-likeness (QED) is 0.807. The van der Waals surface area contributed by atoms with Crippen LogP contribution in [-0.2, 0) is 0 Å². The summed E-state index contributed by atoms with van der Waals surface area (Å²) in [4.78, 5) is 0. The number of rotatable bonds is 2. The van der Waals surface area contributed by atoms with Crippen LogP contribution in [0.15, 0.2) is 30.3 Å². The molecular formula is C12H16O2S. The highest BCUT2D eigenvalue weighted by Crippen LogP contribution is 2.36. The van der Waals surface area contributed by atoms with Crippen LogP contribution >= 0.6 is 11.8 Å². The van der Waals surface area contributed by atoms with Crippen LogP contribution in [0.25, 0.3) is 0 Å². The van der Waals surface area contributed by atoms with Gasteiger partial charge >= 0.3 is 0 Å². The fourth-order valence-corrected chi connectivity index (χ4v) is 3.11. The molecule has 2 rings (SSSR count). The zero-order valence-corrected chi connectivity index (χ0v) is 9.41. The molecule has 1 aliphatic rings. The van der Waals surface area contributed by atoms with Crippen molar-refractivity contribution < 1.29 is 10.2 Å². The lowest BCUT2D eigenvalue weighted by molar-refractivity contribution is -0.0672. The molecule has 0 unspecified atom stereocenters. The van der Waals surface area contributed by atoms with Crippen LogP contribution in [-0.4, -0.2) is 27.3 Å². The predicted octanol–water partition coefficient (Wildman–Crippen LogP) is 1.98. The Bertz CT molecular complexity index is 307. The molecule has 2 N–H and O–H groups in total. The lowest BCUT2D eigenvalue weighted by atomic mass is 9.88. The van der Waals surface area contributed by atoms with Crippen LogP contribution in [0.2, 0.25) is 0 Å². The molecule has 1 heterocycles. The first-order valence-electron chi connectivity index (χ1n) is 5.25. The number of aliphatic hydroxyl groups excluding tert-OH is 1. The van der Waals surface area contributed by atoms with Crippen molar-refractivity contribution in [2.75, 3.05) is 11.5 Å². The Labute approximate surface area is 94.3 Å². The maximum atomic E-state index is 10.3. The molecule has 0 radical (unpaired) electrons. The number of hydrogen-bond acceptors (Lipinski definition) is 3. The van der Waals surface area contributed by atoms with Gasteiger partial charge in [0.25, 0.3) is 0 Å². The number of benzene rings is 1. The van der Waals surface area contributed by atoms with E-state index in [1.54, 1.807) is 11.8 Å². The monoisotopic (exact) mass is 224 g/mol. The van der Waals surface area contributed by atoms with E-state index in [4.69, 9.17) is 0 Å². The Kier molecular flexibility index (Phi) is 3.34. The summed E-state index contributed by atoms with van der Waals surface area (Å²) in [5.41, 5.74) is -0.132. The summed E-state index contributed by atoms with van der Waals surface area (Å²) >= 11 is 1.71. The first-order chi connectivity index (χ1) is 7.22. The van der Waals surface area contributed by atoms with Crippen LogP contribution < -0.4 is 0 Å². The van der Waals surface area contributed by atoms with Crippen molar-refractivity contribution in [1.29, 1.82) is 0 Å². The van der Waals surface area contributed by atoms with E-state index < -0.39 is 11.7 Å². The van der Waals surface area contributed by atoms with Crippen molar-refractivity contribution in [2.24, 2.45) is 0 Å². The van der Waals surface area contributed by atoms with Crippen molar-refractivity contribution >= 4 is 11.8 Å². The van der Waals surface area contributed by atoms with Crippen LogP contribution in [0, 0.1) is 0 Å². The van der Waals surface area contributed by atoms with Crippen molar-refractivity contribution in [3.63, 3.8) is 0 Å². The minimum Gasteiger partial charge on any atom is -0.386 e. The second kappa shape index (κ2) is 4.56. The maximum absolute atomic E-state index is 10.3. The van der Waals surface area contributed by atoms with Crippen LogP contribution in [0.3, 0.4) is 0 Å². The molecule has 1 aromatic rings. The highest BCUT2D eigenvalue weighted by Gasteiger charge is 2.37. The number of aliphatic hydroxyl groups is 2. The largest absolute Gasteiger partial charge is 0.386 e. The van der Waals surface area contributed by atoms with E-state index in [0.717, 1.165) is 17.7 Å². The van der Waals surface area contributed by atoms with Crippen molar-refractivity contribution in [1.82, 2.24) is 0 Å². The number of hydrogen-bond donors (Lipinski definition) is 2. The third-order valence-electron chi connectivity index (χ3n) is 2.87. The molecule has 1 saturated heterocycles. The third-order valence-corrected chi connectivity index (χ3v) is 4.16. The minimum atomic E-state index is -0.940. The van der Waals surface area contributed by atoms with E-state index in [2.05, 4.69) is 0 Å². The molecule has 3 heteroatoms. The topological polar surface area (TPSA) is 40.5 Å². The van der Waals surface area contributed by atoms with Crippen molar-refractivity contribution in [3.8, 4) is 0 Å².